The van der Waals surface area contributed by atoms with Gasteiger partial charge in [-0.15, -0.1) is 0 Å². The van der Waals surface area contributed by atoms with Crippen LogP contribution in [0.5, 0.6) is 5.75 Å². The number of carbonyl (C=O) groups excluding carboxylic acids is 2. The maximum atomic E-state index is 12.7. The topological polar surface area (TPSA) is 69.9 Å². The lowest BCUT2D eigenvalue weighted by atomic mass is 10.1. The number of aromatic nitrogens is 1. The van der Waals surface area contributed by atoms with Crippen LogP contribution in [-0.2, 0) is 33.7 Å². The largest absolute Gasteiger partial charge is 0.496 e. The summed E-state index contributed by atoms with van der Waals surface area (Å²) in [5.41, 5.74) is 3.96. The molecule has 2 aromatic carbocycles. The first-order valence-electron chi connectivity index (χ1n) is 10.3. The molecule has 0 atom stereocenters. The lowest BCUT2D eigenvalue weighted by Gasteiger charge is -2.06. The quantitative estimate of drug-likeness (QED) is 0.492. The van der Waals surface area contributed by atoms with Crippen molar-refractivity contribution in [2.75, 3.05) is 14.2 Å². The molecule has 0 spiro atoms. The standard InChI is InChI=1S/C24H28N2O4S/c1-5-6-7-17-8-10-19-21(13-17)31-24(26(19)15-23(28)30-4)25-22(27)14-18-9-11-20(29-3)16(2)12-18/h8-13H,5-7,14-15H2,1-4H3. The van der Waals surface area contributed by atoms with Crippen LogP contribution in [0.15, 0.2) is 41.4 Å². The van der Waals surface area contributed by atoms with Gasteiger partial charge in [0.15, 0.2) is 4.80 Å². The van der Waals surface area contributed by atoms with Crippen molar-refractivity contribution in [2.45, 2.75) is 46.1 Å². The van der Waals surface area contributed by atoms with Crippen molar-refractivity contribution in [1.29, 1.82) is 0 Å². The van der Waals surface area contributed by atoms with E-state index in [1.54, 1.807) is 11.7 Å². The highest BCUT2D eigenvalue weighted by Crippen LogP contribution is 2.21. The SMILES string of the molecule is CCCCc1ccc2c(c1)sc(=NC(=O)Cc1ccc(OC)c(C)c1)n2CC(=O)OC. The third kappa shape index (κ3) is 5.61. The van der Waals surface area contributed by atoms with Gasteiger partial charge in [-0.25, -0.2) is 0 Å². The average molecular weight is 441 g/mol. The van der Waals surface area contributed by atoms with Crippen molar-refractivity contribution in [3.05, 3.63) is 57.9 Å². The Hall–Kier alpha value is -2.93. The molecule has 0 saturated heterocycles. The zero-order chi connectivity index (χ0) is 22.4. The molecular formula is C24H28N2O4S. The highest BCUT2D eigenvalue weighted by atomic mass is 32.1. The minimum absolute atomic E-state index is 0.0125. The number of ether oxygens (including phenoxy) is 2. The lowest BCUT2D eigenvalue weighted by Crippen LogP contribution is -2.22. The minimum atomic E-state index is -0.380. The number of thiazole rings is 1. The number of methoxy groups -OCH3 is 2. The first-order chi connectivity index (χ1) is 14.9. The Kier molecular flexibility index (Phi) is 7.63. The van der Waals surface area contributed by atoms with Gasteiger partial charge in [0.05, 0.1) is 30.9 Å². The fraction of sp³-hybridized carbons (Fsp3) is 0.375. The molecule has 6 nitrogen and oxygen atoms in total. The van der Waals surface area contributed by atoms with Gasteiger partial charge in [0, 0.05) is 0 Å². The normalized spacial score (nSPS) is 11.7. The van der Waals surface area contributed by atoms with Crippen LogP contribution >= 0.6 is 11.3 Å². The second-order valence-corrected chi connectivity index (χ2v) is 8.45. The number of fused-ring (bicyclic) bond motifs is 1. The molecule has 164 valence electrons. The predicted octanol–water partition coefficient (Wildman–Crippen LogP) is 4.21. The molecule has 0 aliphatic heterocycles. The fourth-order valence-corrected chi connectivity index (χ4v) is 4.57. The van der Waals surface area contributed by atoms with Crippen LogP contribution in [0.25, 0.3) is 10.2 Å². The van der Waals surface area contributed by atoms with Crippen LogP contribution in [0.1, 0.15) is 36.5 Å². The lowest BCUT2D eigenvalue weighted by molar-refractivity contribution is -0.141. The number of nitrogens with zero attached hydrogens (tertiary/aromatic N) is 2. The molecule has 0 N–H and O–H groups in total. The molecule has 0 fully saturated rings. The second kappa shape index (κ2) is 10.4. The molecule has 0 unspecified atom stereocenters. The fourth-order valence-electron chi connectivity index (χ4n) is 3.46. The monoisotopic (exact) mass is 440 g/mol. The van der Waals surface area contributed by atoms with Crippen molar-refractivity contribution >= 4 is 33.4 Å². The van der Waals surface area contributed by atoms with Gasteiger partial charge in [0.2, 0.25) is 0 Å². The summed E-state index contributed by atoms with van der Waals surface area (Å²) in [4.78, 5) is 29.6. The summed E-state index contributed by atoms with van der Waals surface area (Å²) in [5.74, 6) is 0.142. The van der Waals surface area contributed by atoms with Crippen molar-refractivity contribution in [1.82, 2.24) is 4.57 Å². The van der Waals surface area contributed by atoms with Crippen molar-refractivity contribution < 1.29 is 19.1 Å². The highest BCUT2D eigenvalue weighted by molar-refractivity contribution is 7.16. The van der Waals surface area contributed by atoms with Gasteiger partial charge in [-0.05, 0) is 54.7 Å². The van der Waals surface area contributed by atoms with E-state index in [1.165, 1.54) is 24.0 Å². The number of hydrogen-bond donors (Lipinski definition) is 0. The van der Waals surface area contributed by atoms with E-state index in [2.05, 4.69) is 24.0 Å². The summed E-state index contributed by atoms with van der Waals surface area (Å²) < 4.78 is 12.9. The van der Waals surface area contributed by atoms with E-state index < -0.39 is 0 Å². The zero-order valence-electron chi connectivity index (χ0n) is 18.4. The number of aryl methyl sites for hydroxylation is 2. The van der Waals surface area contributed by atoms with Gasteiger partial charge in [0.25, 0.3) is 5.91 Å². The van der Waals surface area contributed by atoms with E-state index in [1.807, 2.05) is 31.2 Å². The van der Waals surface area contributed by atoms with E-state index >= 15 is 0 Å². The van der Waals surface area contributed by atoms with E-state index in [0.717, 1.165) is 46.4 Å². The number of benzene rings is 2. The van der Waals surface area contributed by atoms with Crippen molar-refractivity contribution in [2.24, 2.45) is 4.99 Å². The summed E-state index contributed by atoms with van der Waals surface area (Å²) in [7, 11) is 2.98. The maximum Gasteiger partial charge on any atom is 0.325 e. The Morgan fingerprint density at radius 2 is 1.87 bits per heavy atom. The maximum absolute atomic E-state index is 12.7. The van der Waals surface area contributed by atoms with Crippen LogP contribution in [-0.4, -0.2) is 30.7 Å². The molecule has 3 rings (SSSR count). The number of esters is 1. The molecule has 1 amide bonds. The van der Waals surface area contributed by atoms with E-state index in [9.17, 15) is 9.59 Å². The summed E-state index contributed by atoms with van der Waals surface area (Å²) in [6.07, 6.45) is 3.43. The van der Waals surface area contributed by atoms with Crippen molar-refractivity contribution in [3.63, 3.8) is 0 Å². The van der Waals surface area contributed by atoms with E-state index in [-0.39, 0.29) is 24.8 Å². The van der Waals surface area contributed by atoms with E-state index in [4.69, 9.17) is 9.47 Å². The number of amides is 1. The third-order valence-electron chi connectivity index (χ3n) is 5.12. The van der Waals surface area contributed by atoms with Crippen LogP contribution < -0.4 is 9.54 Å². The Morgan fingerprint density at radius 1 is 1.10 bits per heavy atom. The molecule has 0 bridgehead atoms. The second-order valence-electron chi connectivity index (χ2n) is 7.44. The number of carbonyl (C=O) groups is 2. The molecular weight excluding hydrogens is 412 g/mol. The van der Waals surface area contributed by atoms with Gasteiger partial charge in [-0.2, -0.15) is 4.99 Å². The van der Waals surface area contributed by atoms with Gasteiger partial charge >= 0.3 is 5.97 Å². The highest BCUT2D eigenvalue weighted by Gasteiger charge is 2.13. The van der Waals surface area contributed by atoms with E-state index in [0.29, 0.717) is 4.80 Å². The van der Waals surface area contributed by atoms with Crippen LogP contribution in [0.2, 0.25) is 0 Å². The number of hydrogen-bond acceptors (Lipinski definition) is 5. The Bertz CT molecular complexity index is 1160. The average Bonchev–Trinajstić information content (AvgIpc) is 3.08. The first-order valence-corrected chi connectivity index (χ1v) is 11.2. The van der Waals surface area contributed by atoms with Crippen LogP contribution in [0, 0.1) is 6.92 Å². The van der Waals surface area contributed by atoms with Crippen molar-refractivity contribution in [3.8, 4) is 5.75 Å². The molecule has 0 aliphatic carbocycles. The Labute approximate surface area is 186 Å². The zero-order valence-corrected chi connectivity index (χ0v) is 19.3. The summed E-state index contributed by atoms with van der Waals surface area (Å²) in [5, 5.41) is 0. The number of rotatable bonds is 8. The molecule has 31 heavy (non-hydrogen) atoms. The molecule has 0 saturated carbocycles. The Balaban J connectivity index is 1.96. The molecule has 3 aromatic rings. The predicted molar refractivity (Wildman–Crippen MR) is 122 cm³/mol. The van der Waals surface area contributed by atoms with Gasteiger partial charge in [0.1, 0.15) is 12.3 Å². The molecule has 7 heteroatoms. The number of unbranched alkanes of at least 4 members (excludes halogenated alkanes) is 1. The smallest absolute Gasteiger partial charge is 0.325 e. The van der Waals surface area contributed by atoms with Gasteiger partial charge in [-0.3, -0.25) is 9.59 Å². The summed E-state index contributed by atoms with van der Waals surface area (Å²) in [6.45, 7) is 4.12. The Morgan fingerprint density at radius 3 is 2.55 bits per heavy atom. The third-order valence-corrected chi connectivity index (χ3v) is 6.16. The molecule has 0 radical (unpaired) electrons. The molecule has 1 aromatic heterocycles. The molecule has 0 aliphatic rings. The molecule has 1 heterocycles. The van der Waals surface area contributed by atoms with Gasteiger partial charge < -0.3 is 14.0 Å². The summed E-state index contributed by atoms with van der Waals surface area (Å²) >= 11 is 1.42. The van der Waals surface area contributed by atoms with Crippen LogP contribution in [0.3, 0.4) is 0 Å². The van der Waals surface area contributed by atoms with Crippen LogP contribution in [0.4, 0.5) is 0 Å². The minimum Gasteiger partial charge on any atom is -0.496 e. The summed E-state index contributed by atoms with van der Waals surface area (Å²) in [6, 6.07) is 11.8. The first kappa shape index (κ1) is 22.7. The van der Waals surface area contributed by atoms with Gasteiger partial charge in [-0.1, -0.05) is 42.9 Å².